The molecule has 2 rings (SSSR count). The first-order chi connectivity index (χ1) is 9.20. The summed E-state index contributed by atoms with van der Waals surface area (Å²) in [6, 6.07) is 1.75. The third-order valence-corrected chi connectivity index (χ3v) is 3.48. The number of nitrogens with one attached hydrogen (secondary N) is 1. The topological polar surface area (TPSA) is 54.7 Å². The van der Waals surface area contributed by atoms with Gasteiger partial charge in [-0.3, -0.25) is 0 Å². The number of esters is 1. The Balaban J connectivity index is 1.75. The lowest BCUT2D eigenvalue weighted by molar-refractivity contribution is 0.0599. The molecule has 0 aliphatic carbocycles. The van der Waals surface area contributed by atoms with E-state index in [0.29, 0.717) is 17.9 Å². The Kier molecular flexibility index (Phi) is 4.99. The predicted octanol–water partition coefficient (Wildman–Crippen LogP) is 1.56. The number of ether oxygens (including phenoxy) is 1. The normalized spacial score (nSPS) is 15.9. The third-order valence-electron chi connectivity index (χ3n) is 3.48. The van der Waals surface area contributed by atoms with Crippen molar-refractivity contribution in [1.82, 2.24) is 10.2 Å². The SMILES string of the molecule is COC(=O)c1cc(CNCCN2CCCC2)oc1C. The van der Waals surface area contributed by atoms with Crippen molar-refractivity contribution in [1.29, 1.82) is 0 Å². The molecule has 2 heterocycles. The van der Waals surface area contributed by atoms with Crippen molar-refractivity contribution < 1.29 is 13.9 Å². The lowest BCUT2D eigenvalue weighted by Gasteiger charge is -2.14. The van der Waals surface area contributed by atoms with Crippen LogP contribution in [0.15, 0.2) is 10.5 Å². The molecule has 0 bridgehead atoms. The summed E-state index contributed by atoms with van der Waals surface area (Å²) in [5.41, 5.74) is 0.513. The molecular formula is C14H22N2O3. The largest absolute Gasteiger partial charge is 0.465 e. The van der Waals surface area contributed by atoms with Crippen LogP contribution in [0.4, 0.5) is 0 Å². The monoisotopic (exact) mass is 266 g/mol. The van der Waals surface area contributed by atoms with Crippen LogP contribution in [0, 0.1) is 6.92 Å². The summed E-state index contributed by atoms with van der Waals surface area (Å²) >= 11 is 0. The fourth-order valence-electron chi connectivity index (χ4n) is 2.40. The molecule has 106 valence electrons. The van der Waals surface area contributed by atoms with Gasteiger partial charge in [0.2, 0.25) is 0 Å². The van der Waals surface area contributed by atoms with Gasteiger partial charge in [0.25, 0.3) is 0 Å². The van der Waals surface area contributed by atoms with Gasteiger partial charge in [-0.15, -0.1) is 0 Å². The minimum atomic E-state index is -0.343. The molecule has 1 aliphatic rings. The van der Waals surface area contributed by atoms with E-state index in [2.05, 4.69) is 10.2 Å². The highest BCUT2D eigenvalue weighted by molar-refractivity contribution is 5.90. The van der Waals surface area contributed by atoms with Crippen molar-refractivity contribution in [3.63, 3.8) is 0 Å². The average Bonchev–Trinajstić information content (AvgIpc) is 3.03. The average molecular weight is 266 g/mol. The molecule has 1 aliphatic heterocycles. The number of methoxy groups -OCH3 is 1. The summed E-state index contributed by atoms with van der Waals surface area (Å²) in [7, 11) is 1.38. The maximum absolute atomic E-state index is 11.4. The van der Waals surface area contributed by atoms with Crippen LogP contribution in [-0.2, 0) is 11.3 Å². The first-order valence-electron chi connectivity index (χ1n) is 6.81. The van der Waals surface area contributed by atoms with E-state index in [-0.39, 0.29) is 5.97 Å². The molecule has 0 radical (unpaired) electrons. The highest BCUT2D eigenvalue weighted by Gasteiger charge is 2.15. The molecule has 19 heavy (non-hydrogen) atoms. The first-order valence-corrected chi connectivity index (χ1v) is 6.81. The van der Waals surface area contributed by atoms with Crippen molar-refractivity contribution in [3.05, 3.63) is 23.2 Å². The third kappa shape index (κ3) is 3.81. The Morgan fingerprint density at radius 1 is 1.47 bits per heavy atom. The van der Waals surface area contributed by atoms with Gasteiger partial charge < -0.3 is 19.4 Å². The van der Waals surface area contributed by atoms with E-state index in [4.69, 9.17) is 9.15 Å². The maximum Gasteiger partial charge on any atom is 0.341 e. The number of hydrogen-bond acceptors (Lipinski definition) is 5. The molecular weight excluding hydrogens is 244 g/mol. The van der Waals surface area contributed by atoms with E-state index in [1.165, 1.54) is 33.0 Å². The molecule has 5 nitrogen and oxygen atoms in total. The van der Waals surface area contributed by atoms with Crippen molar-refractivity contribution in [2.45, 2.75) is 26.3 Å². The van der Waals surface area contributed by atoms with E-state index in [1.807, 2.05) is 0 Å². The van der Waals surface area contributed by atoms with E-state index in [1.54, 1.807) is 13.0 Å². The quantitative estimate of drug-likeness (QED) is 0.625. The van der Waals surface area contributed by atoms with Crippen molar-refractivity contribution in [2.75, 3.05) is 33.3 Å². The first kappa shape index (κ1) is 14.1. The lowest BCUT2D eigenvalue weighted by atomic mass is 10.2. The lowest BCUT2D eigenvalue weighted by Crippen LogP contribution is -2.29. The number of likely N-dealkylation sites (tertiary alicyclic amines) is 1. The summed E-state index contributed by atoms with van der Waals surface area (Å²) in [4.78, 5) is 13.9. The Morgan fingerprint density at radius 2 is 2.21 bits per heavy atom. The van der Waals surface area contributed by atoms with Gasteiger partial charge in [-0.25, -0.2) is 4.79 Å². The highest BCUT2D eigenvalue weighted by Crippen LogP contribution is 2.15. The number of furan rings is 1. The van der Waals surface area contributed by atoms with Crippen LogP contribution >= 0.6 is 0 Å². The van der Waals surface area contributed by atoms with Gasteiger partial charge in [-0.1, -0.05) is 0 Å². The number of carbonyl (C=O) groups excluding carboxylic acids is 1. The number of carbonyl (C=O) groups is 1. The van der Waals surface area contributed by atoms with Crippen LogP contribution in [0.1, 0.15) is 34.7 Å². The molecule has 0 saturated carbocycles. The molecule has 0 unspecified atom stereocenters. The van der Waals surface area contributed by atoms with Crippen molar-refractivity contribution >= 4 is 5.97 Å². The molecule has 1 aromatic rings. The van der Waals surface area contributed by atoms with Gasteiger partial charge in [-0.05, 0) is 38.9 Å². The molecule has 0 amide bonds. The van der Waals surface area contributed by atoms with Crippen molar-refractivity contribution in [2.24, 2.45) is 0 Å². The van der Waals surface area contributed by atoms with Gasteiger partial charge >= 0.3 is 5.97 Å². The summed E-state index contributed by atoms with van der Waals surface area (Å²) in [6.07, 6.45) is 2.64. The second-order valence-electron chi connectivity index (χ2n) is 4.90. The maximum atomic E-state index is 11.4. The molecule has 5 heteroatoms. The Morgan fingerprint density at radius 3 is 2.89 bits per heavy atom. The van der Waals surface area contributed by atoms with E-state index in [9.17, 15) is 4.79 Å². The zero-order chi connectivity index (χ0) is 13.7. The van der Waals surface area contributed by atoms with Gasteiger partial charge in [-0.2, -0.15) is 0 Å². The fraction of sp³-hybridized carbons (Fsp3) is 0.643. The van der Waals surface area contributed by atoms with Gasteiger partial charge in [0.05, 0.1) is 13.7 Å². The second kappa shape index (κ2) is 6.73. The van der Waals surface area contributed by atoms with Crippen LogP contribution in [0.5, 0.6) is 0 Å². The highest BCUT2D eigenvalue weighted by atomic mass is 16.5. The molecule has 0 spiro atoms. The molecule has 1 fully saturated rings. The molecule has 1 saturated heterocycles. The standard InChI is InChI=1S/C14H22N2O3/c1-11-13(14(17)18-2)9-12(19-11)10-15-5-8-16-6-3-4-7-16/h9,15H,3-8,10H2,1-2H3. The second-order valence-corrected chi connectivity index (χ2v) is 4.90. The van der Waals surface area contributed by atoms with E-state index < -0.39 is 0 Å². The molecule has 0 aromatic carbocycles. The number of rotatable bonds is 6. The van der Waals surface area contributed by atoms with Crippen LogP contribution in [0.25, 0.3) is 0 Å². The van der Waals surface area contributed by atoms with Crippen molar-refractivity contribution in [3.8, 4) is 0 Å². The van der Waals surface area contributed by atoms with Crippen LogP contribution in [0.2, 0.25) is 0 Å². The summed E-state index contributed by atoms with van der Waals surface area (Å²) in [5, 5.41) is 3.34. The Labute approximate surface area is 113 Å². The molecule has 1 aromatic heterocycles. The van der Waals surface area contributed by atoms with Gasteiger partial charge in [0.15, 0.2) is 0 Å². The Bertz CT molecular complexity index is 422. The molecule has 1 N–H and O–H groups in total. The minimum Gasteiger partial charge on any atom is -0.465 e. The van der Waals surface area contributed by atoms with E-state index >= 15 is 0 Å². The van der Waals surface area contributed by atoms with Gasteiger partial charge in [0, 0.05) is 13.1 Å². The zero-order valence-electron chi connectivity index (χ0n) is 11.7. The van der Waals surface area contributed by atoms with Crippen LogP contribution in [-0.4, -0.2) is 44.2 Å². The van der Waals surface area contributed by atoms with Crippen LogP contribution < -0.4 is 5.32 Å². The van der Waals surface area contributed by atoms with Gasteiger partial charge in [0.1, 0.15) is 17.1 Å². The summed E-state index contributed by atoms with van der Waals surface area (Å²) in [5.74, 6) is 1.05. The number of nitrogens with zero attached hydrogens (tertiary/aromatic N) is 1. The zero-order valence-corrected chi connectivity index (χ0v) is 11.7. The van der Waals surface area contributed by atoms with Crippen LogP contribution in [0.3, 0.4) is 0 Å². The predicted molar refractivity (Wildman–Crippen MR) is 72.2 cm³/mol. The van der Waals surface area contributed by atoms with E-state index in [0.717, 1.165) is 18.8 Å². The number of aryl methyl sites for hydroxylation is 1. The fourth-order valence-corrected chi connectivity index (χ4v) is 2.40. The Hall–Kier alpha value is -1.33. The summed E-state index contributed by atoms with van der Waals surface area (Å²) < 4.78 is 10.2. The smallest absolute Gasteiger partial charge is 0.341 e. The summed E-state index contributed by atoms with van der Waals surface area (Å²) in [6.45, 7) is 6.87. The molecule has 0 atom stereocenters. The number of hydrogen-bond donors (Lipinski definition) is 1. The minimum absolute atomic E-state index is 0.343.